The largest absolute Gasteiger partial charge is 0.407 e. The SMILES string of the molecule is CCNCc1nnc(NCCC(C)C)o1. The Labute approximate surface area is 90.7 Å². The summed E-state index contributed by atoms with van der Waals surface area (Å²) in [6, 6.07) is 0.517. The Bertz CT molecular complexity index is 272. The summed E-state index contributed by atoms with van der Waals surface area (Å²) in [5.74, 6) is 1.31. The van der Waals surface area contributed by atoms with Crippen molar-refractivity contribution in [1.29, 1.82) is 0 Å². The molecule has 0 aliphatic rings. The van der Waals surface area contributed by atoms with Crippen molar-refractivity contribution >= 4 is 6.01 Å². The van der Waals surface area contributed by atoms with Crippen LogP contribution in [0.5, 0.6) is 0 Å². The molecule has 0 aliphatic carbocycles. The van der Waals surface area contributed by atoms with Crippen LogP contribution in [0.4, 0.5) is 6.01 Å². The molecule has 2 N–H and O–H groups in total. The topological polar surface area (TPSA) is 63.0 Å². The summed E-state index contributed by atoms with van der Waals surface area (Å²) >= 11 is 0. The van der Waals surface area contributed by atoms with Crippen molar-refractivity contribution in [3.63, 3.8) is 0 Å². The molecule has 5 nitrogen and oxygen atoms in total. The molecule has 0 radical (unpaired) electrons. The predicted octanol–water partition coefficient (Wildman–Crippen LogP) is 1.64. The van der Waals surface area contributed by atoms with E-state index in [0.717, 1.165) is 19.5 Å². The molecular weight excluding hydrogens is 192 g/mol. The summed E-state index contributed by atoms with van der Waals surface area (Å²) in [7, 11) is 0. The average molecular weight is 212 g/mol. The maximum Gasteiger partial charge on any atom is 0.315 e. The van der Waals surface area contributed by atoms with Gasteiger partial charge in [-0.25, -0.2) is 0 Å². The molecule has 5 heteroatoms. The highest BCUT2D eigenvalue weighted by atomic mass is 16.4. The summed E-state index contributed by atoms with van der Waals surface area (Å²) in [6.45, 7) is 8.82. The number of nitrogens with zero attached hydrogens (tertiary/aromatic N) is 2. The van der Waals surface area contributed by atoms with E-state index in [1.807, 2.05) is 6.92 Å². The van der Waals surface area contributed by atoms with Gasteiger partial charge >= 0.3 is 6.01 Å². The van der Waals surface area contributed by atoms with Crippen molar-refractivity contribution in [1.82, 2.24) is 15.5 Å². The highest BCUT2D eigenvalue weighted by Gasteiger charge is 2.04. The molecule has 0 amide bonds. The molecule has 0 atom stereocenters. The predicted molar refractivity (Wildman–Crippen MR) is 59.6 cm³/mol. The number of hydrogen-bond donors (Lipinski definition) is 2. The lowest BCUT2D eigenvalue weighted by atomic mass is 10.1. The average Bonchev–Trinajstić information content (AvgIpc) is 2.62. The third-order valence-corrected chi connectivity index (χ3v) is 1.99. The number of nitrogens with one attached hydrogen (secondary N) is 2. The highest BCUT2D eigenvalue weighted by molar-refractivity contribution is 5.16. The molecule has 0 aliphatic heterocycles. The summed E-state index contributed by atoms with van der Waals surface area (Å²) in [4.78, 5) is 0. The first kappa shape index (κ1) is 12.0. The van der Waals surface area contributed by atoms with Gasteiger partial charge in [0.15, 0.2) is 0 Å². The summed E-state index contributed by atoms with van der Waals surface area (Å²) in [5.41, 5.74) is 0. The van der Waals surface area contributed by atoms with Crippen LogP contribution in [0.3, 0.4) is 0 Å². The zero-order chi connectivity index (χ0) is 11.1. The van der Waals surface area contributed by atoms with Gasteiger partial charge in [-0.2, -0.15) is 0 Å². The number of hydrogen-bond acceptors (Lipinski definition) is 5. The van der Waals surface area contributed by atoms with Gasteiger partial charge in [-0.3, -0.25) is 0 Å². The van der Waals surface area contributed by atoms with Crippen molar-refractivity contribution in [3.8, 4) is 0 Å². The Morgan fingerprint density at radius 2 is 2.13 bits per heavy atom. The number of rotatable bonds is 7. The molecule has 1 heterocycles. The van der Waals surface area contributed by atoms with E-state index in [-0.39, 0.29) is 0 Å². The van der Waals surface area contributed by atoms with Crippen molar-refractivity contribution in [2.75, 3.05) is 18.4 Å². The van der Waals surface area contributed by atoms with Crippen LogP contribution >= 0.6 is 0 Å². The first-order chi connectivity index (χ1) is 7.22. The lowest BCUT2D eigenvalue weighted by Gasteiger charge is -2.03. The minimum absolute atomic E-state index is 0.517. The van der Waals surface area contributed by atoms with Crippen LogP contribution in [0.15, 0.2) is 4.42 Å². The van der Waals surface area contributed by atoms with E-state index in [1.165, 1.54) is 0 Å². The standard InChI is InChI=1S/C10H20N4O/c1-4-11-7-9-13-14-10(15-9)12-6-5-8(2)3/h8,11H,4-7H2,1-3H3,(H,12,14). The van der Waals surface area contributed by atoms with Gasteiger partial charge in [-0.05, 0) is 18.9 Å². The van der Waals surface area contributed by atoms with Crippen LogP contribution in [-0.2, 0) is 6.54 Å². The van der Waals surface area contributed by atoms with Crippen LogP contribution in [0.2, 0.25) is 0 Å². The van der Waals surface area contributed by atoms with Crippen LogP contribution in [0, 0.1) is 5.92 Å². The molecule has 0 aromatic carbocycles. The smallest absolute Gasteiger partial charge is 0.315 e. The molecule has 1 aromatic rings. The summed E-state index contributed by atoms with van der Waals surface area (Å²) in [6.07, 6.45) is 1.10. The third kappa shape index (κ3) is 4.78. The van der Waals surface area contributed by atoms with Crippen LogP contribution in [-0.4, -0.2) is 23.3 Å². The fourth-order valence-corrected chi connectivity index (χ4v) is 1.10. The van der Waals surface area contributed by atoms with Gasteiger partial charge in [0.25, 0.3) is 0 Å². The van der Waals surface area contributed by atoms with E-state index in [2.05, 4.69) is 34.7 Å². The maximum absolute atomic E-state index is 5.37. The fraction of sp³-hybridized carbons (Fsp3) is 0.800. The van der Waals surface area contributed by atoms with Crippen molar-refractivity contribution in [2.45, 2.75) is 33.7 Å². The first-order valence-electron chi connectivity index (χ1n) is 5.49. The lowest BCUT2D eigenvalue weighted by molar-refractivity contribution is 0.479. The monoisotopic (exact) mass is 212 g/mol. The molecular formula is C10H20N4O. The Hall–Kier alpha value is -1.10. The van der Waals surface area contributed by atoms with E-state index in [0.29, 0.717) is 24.4 Å². The van der Waals surface area contributed by atoms with Gasteiger partial charge in [-0.1, -0.05) is 25.9 Å². The number of anilines is 1. The molecule has 0 fully saturated rings. The lowest BCUT2D eigenvalue weighted by Crippen LogP contribution is -2.11. The second-order valence-corrected chi connectivity index (χ2v) is 3.89. The first-order valence-corrected chi connectivity index (χ1v) is 5.49. The Morgan fingerprint density at radius 3 is 2.80 bits per heavy atom. The van der Waals surface area contributed by atoms with Gasteiger partial charge < -0.3 is 15.1 Å². The van der Waals surface area contributed by atoms with E-state index in [1.54, 1.807) is 0 Å². The van der Waals surface area contributed by atoms with Crippen molar-refractivity contribution < 1.29 is 4.42 Å². The Kier molecular flexibility index (Phi) is 5.10. The fourth-order valence-electron chi connectivity index (χ4n) is 1.10. The molecule has 86 valence electrons. The number of aromatic nitrogens is 2. The molecule has 0 unspecified atom stereocenters. The van der Waals surface area contributed by atoms with Gasteiger partial charge in [0.1, 0.15) is 0 Å². The van der Waals surface area contributed by atoms with Crippen LogP contribution < -0.4 is 10.6 Å². The molecule has 1 rings (SSSR count). The summed E-state index contributed by atoms with van der Waals surface area (Å²) in [5, 5.41) is 14.0. The zero-order valence-electron chi connectivity index (χ0n) is 9.71. The second kappa shape index (κ2) is 6.40. The maximum atomic E-state index is 5.37. The Balaban J connectivity index is 2.26. The normalized spacial score (nSPS) is 10.9. The quantitative estimate of drug-likeness (QED) is 0.719. The zero-order valence-corrected chi connectivity index (χ0v) is 9.71. The van der Waals surface area contributed by atoms with Gasteiger partial charge in [0, 0.05) is 6.54 Å². The molecule has 0 spiro atoms. The summed E-state index contributed by atoms with van der Waals surface area (Å²) < 4.78 is 5.37. The van der Waals surface area contributed by atoms with E-state index < -0.39 is 0 Å². The molecule has 1 aromatic heterocycles. The van der Waals surface area contributed by atoms with E-state index in [9.17, 15) is 0 Å². The minimum atomic E-state index is 0.517. The highest BCUT2D eigenvalue weighted by Crippen LogP contribution is 2.06. The minimum Gasteiger partial charge on any atom is -0.407 e. The van der Waals surface area contributed by atoms with E-state index >= 15 is 0 Å². The molecule has 15 heavy (non-hydrogen) atoms. The van der Waals surface area contributed by atoms with Gasteiger partial charge in [-0.15, -0.1) is 5.10 Å². The molecule has 0 saturated heterocycles. The third-order valence-electron chi connectivity index (χ3n) is 1.99. The Morgan fingerprint density at radius 1 is 1.33 bits per heavy atom. The van der Waals surface area contributed by atoms with Crippen LogP contribution in [0.25, 0.3) is 0 Å². The van der Waals surface area contributed by atoms with E-state index in [4.69, 9.17) is 4.42 Å². The van der Waals surface area contributed by atoms with Crippen molar-refractivity contribution in [3.05, 3.63) is 5.89 Å². The second-order valence-electron chi connectivity index (χ2n) is 3.89. The van der Waals surface area contributed by atoms with Gasteiger partial charge in [0.2, 0.25) is 5.89 Å². The van der Waals surface area contributed by atoms with Gasteiger partial charge in [0.05, 0.1) is 6.54 Å². The van der Waals surface area contributed by atoms with Crippen molar-refractivity contribution in [2.24, 2.45) is 5.92 Å². The molecule has 0 bridgehead atoms. The van der Waals surface area contributed by atoms with Crippen LogP contribution in [0.1, 0.15) is 33.1 Å². The molecule has 0 saturated carbocycles.